The topological polar surface area (TPSA) is 41.5 Å². The summed E-state index contributed by atoms with van der Waals surface area (Å²) < 4.78 is 6.16. The van der Waals surface area contributed by atoms with Crippen LogP contribution in [0.2, 0.25) is 0 Å². The van der Waals surface area contributed by atoms with Crippen molar-refractivity contribution >= 4 is 0 Å². The summed E-state index contributed by atoms with van der Waals surface area (Å²) in [6.45, 7) is 12.3. The Hall–Kier alpha value is -0.120. The summed E-state index contributed by atoms with van der Waals surface area (Å²) >= 11 is 0. The molecule has 2 fully saturated rings. The van der Waals surface area contributed by atoms with Crippen molar-refractivity contribution in [3.63, 3.8) is 0 Å². The number of fused-ring (bicyclic) bond motifs is 2. The average Bonchev–Trinajstić information content (AvgIpc) is 2.77. The first-order valence-electron chi connectivity index (χ1n) is 7.79. The van der Waals surface area contributed by atoms with Crippen molar-refractivity contribution < 1.29 is 9.84 Å². The predicted octanol–water partition coefficient (Wildman–Crippen LogP) is 2.58. The Bertz CT molecular complexity index is 311. The van der Waals surface area contributed by atoms with Crippen molar-refractivity contribution in [2.75, 3.05) is 13.2 Å². The minimum atomic E-state index is -0.402. The Morgan fingerprint density at radius 1 is 1.32 bits per heavy atom. The molecule has 2 aliphatic carbocycles. The standard InChI is InChI=1S/C16H31NO2/c1-11(2)17-9-13(18)10-19-14-15(3,4)12-6-7-16(14,5)8-12/h11-14,17-18H,6-10H2,1-5H3/t12-,13-,14-,16-/m1/s1. The van der Waals surface area contributed by atoms with Crippen LogP contribution in [0.1, 0.15) is 53.9 Å². The van der Waals surface area contributed by atoms with Gasteiger partial charge in [-0.15, -0.1) is 0 Å². The Labute approximate surface area is 118 Å². The van der Waals surface area contributed by atoms with E-state index < -0.39 is 6.10 Å². The molecular weight excluding hydrogens is 238 g/mol. The van der Waals surface area contributed by atoms with Gasteiger partial charge in [0.2, 0.25) is 0 Å². The zero-order valence-corrected chi connectivity index (χ0v) is 13.2. The summed E-state index contributed by atoms with van der Waals surface area (Å²) in [5.74, 6) is 0.799. The molecule has 0 radical (unpaired) electrons. The SMILES string of the molecule is CC(C)NC[C@@H](O)CO[C@@H]1C(C)(C)[C@@H]2CC[C@]1(C)C2. The lowest BCUT2D eigenvalue weighted by molar-refractivity contribution is -0.110. The molecule has 0 aromatic carbocycles. The van der Waals surface area contributed by atoms with E-state index >= 15 is 0 Å². The molecule has 2 N–H and O–H groups in total. The number of hydrogen-bond donors (Lipinski definition) is 2. The molecule has 0 aromatic rings. The zero-order valence-electron chi connectivity index (χ0n) is 13.2. The van der Waals surface area contributed by atoms with Crippen molar-refractivity contribution in [3.05, 3.63) is 0 Å². The van der Waals surface area contributed by atoms with Gasteiger partial charge >= 0.3 is 0 Å². The van der Waals surface area contributed by atoms with E-state index in [2.05, 4.69) is 39.9 Å². The minimum absolute atomic E-state index is 0.262. The van der Waals surface area contributed by atoms with Crippen molar-refractivity contribution in [2.45, 2.75) is 72.1 Å². The quantitative estimate of drug-likeness (QED) is 0.779. The first-order chi connectivity index (χ1) is 8.75. The van der Waals surface area contributed by atoms with E-state index in [1.54, 1.807) is 0 Å². The number of aliphatic hydroxyl groups is 1. The molecule has 2 saturated carbocycles. The molecule has 4 atom stereocenters. The van der Waals surface area contributed by atoms with Crippen LogP contribution in [0.15, 0.2) is 0 Å². The third-order valence-electron chi connectivity index (χ3n) is 5.35. The van der Waals surface area contributed by atoms with Gasteiger partial charge in [0.1, 0.15) is 0 Å². The Morgan fingerprint density at radius 3 is 2.53 bits per heavy atom. The number of aliphatic hydroxyl groups excluding tert-OH is 1. The monoisotopic (exact) mass is 269 g/mol. The second-order valence-electron chi connectivity index (χ2n) is 7.85. The number of rotatable bonds is 6. The summed E-state index contributed by atoms with van der Waals surface area (Å²) in [6, 6.07) is 0.408. The summed E-state index contributed by atoms with van der Waals surface area (Å²) in [5.41, 5.74) is 0.595. The van der Waals surface area contributed by atoms with Gasteiger partial charge in [0, 0.05) is 12.6 Å². The largest absolute Gasteiger partial charge is 0.389 e. The lowest BCUT2D eigenvalue weighted by atomic mass is 9.70. The van der Waals surface area contributed by atoms with Crippen LogP contribution in [0, 0.1) is 16.7 Å². The molecule has 0 spiro atoms. The van der Waals surface area contributed by atoms with Gasteiger partial charge in [-0.25, -0.2) is 0 Å². The summed E-state index contributed by atoms with van der Waals surface area (Å²) in [4.78, 5) is 0. The number of nitrogens with one attached hydrogen (secondary N) is 1. The van der Waals surface area contributed by atoms with E-state index in [4.69, 9.17) is 4.74 Å². The van der Waals surface area contributed by atoms with Gasteiger partial charge in [0.05, 0.1) is 18.8 Å². The second-order valence-corrected chi connectivity index (χ2v) is 7.85. The third-order valence-corrected chi connectivity index (χ3v) is 5.35. The molecule has 3 heteroatoms. The van der Waals surface area contributed by atoms with E-state index in [1.807, 2.05) is 0 Å². The summed E-state index contributed by atoms with van der Waals surface area (Å²) in [5, 5.41) is 13.3. The number of hydrogen-bond acceptors (Lipinski definition) is 3. The molecule has 0 amide bonds. The highest BCUT2D eigenvalue weighted by Crippen LogP contribution is 2.63. The van der Waals surface area contributed by atoms with E-state index in [9.17, 15) is 5.11 Å². The fourth-order valence-electron chi connectivity index (χ4n) is 4.31. The lowest BCUT2D eigenvalue weighted by Gasteiger charge is -2.42. The van der Waals surface area contributed by atoms with Crippen LogP contribution in [-0.2, 0) is 4.74 Å². The van der Waals surface area contributed by atoms with Crippen LogP contribution in [0.5, 0.6) is 0 Å². The molecule has 112 valence electrons. The zero-order chi connectivity index (χ0) is 14.3. The maximum Gasteiger partial charge on any atom is 0.0897 e. The Kier molecular flexibility index (Phi) is 4.29. The van der Waals surface area contributed by atoms with Gasteiger partial charge in [0.15, 0.2) is 0 Å². The molecule has 0 heterocycles. The molecular formula is C16H31NO2. The van der Waals surface area contributed by atoms with E-state index in [0.717, 1.165) is 5.92 Å². The Morgan fingerprint density at radius 2 is 2.00 bits per heavy atom. The predicted molar refractivity (Wildman–Crippen MR) is 78.1 cm³/mol. The fourth-order valence-corrected chi connectivity index (χ4v) is 4.31. The fraction of sp³-hybridized carbons (Fsp3) is 1.00. The van der Waals surface area contributed by atoms with Gasteiger partial charge in [-0.1, -0.05) is 34.6 Å². The van der Waals surface area contributed by atoms with Crippen LogP contribution >= 0.6 is 0 Å². The maximum absolute atomic E-state index is 10.00. The van der Waals surface area contributed by atoms with Crippen molar-refractivity contribution in [1.29, 1.82) is 0 Å². The smallest absolute Gasteiger partial charge is 0.0897 e. The van der Waals surface area contributed by atoms with Crippen LogP contribution in [0.4, 0.5) is 0 Å². The van der Waals surface area contributed by atoms with Crippen molar-refractivity contribution in [2.24, 2.45) is 16.7 Å². The van der Waals surface area contributed by atoms with E-state index in [1.165, 1.54) is 19.3 Å². The van der Waals surface area contributed by atoms with Crippen molar-refractivity contribution in [3.8, 4) is 0 Å². The lowest BCUT2D eigenvalue weighted by Crippen LogP contribution is -2.44. The summed E-state index contributed by atoms with van der Waals surface area (Å²) in [6.07, 6.45) is 3.83. The summed E-state index contributed by atoms with van der Waals surface area (Å²) in [7, 11) is 0. The first-order valence-corrected chi connectivity index (χ1v) is 7.79. The molecule has 19 heavy (non-hydrogen) atoms. The molecule has 3 nitrogen and oxygen atoms in total. The van der Waals surface area contributed by atoms with E-state index in [0.29, 0.717) is 30.7 Å². The molecule has 0 unspecified atom stereocenters. The third kappa shape index (κ3) is 2.98. The molecule has 2 aliphatic rings. The molecule has 0 saturated heterocycles. The average molecular weight is 269 g/mol. The minimum Gasteiger partial charge on any atom is -0.389 e. The first kappa shape index (κ1) is 15.3. The van der Waals surface area contributed by atoms with E-state index in [-0.39, 0.29) is 5.41 Å². The normalized spacial score (nSPS) is 38.1. The molecule has 2 bridgehead atoms. The molecule has 0 aromatic heterocycles. The van der Waals surface area contributed by atoms with Gasteiger partial charge < -0.3 is 15.2 Å². The van der Waals surface area contributed by atoms with Gasteiger partial charge in [-0.05, 0) is 36.0 Å². The molecule has 0 aliphatic heterocycles. The van der Waals surface area contributed by atoms with Gasteiger partial charge in [0.25, 0.3) is 0 Å². The van der Waals surface area contributed by atoms with Crippen LogP contribution < -0.4 is 5.32 Å². The Balaban J connectivity index is 1.85. The van der Waals surface area contributed by atoms with Crippen molar-refractivity contribution in [1.82, 2.24) is 5.32 Å². The number of ether oxygens (including phenoxy) is 1. The van der Waals surface area contributed by atoms with Crippen LogP contribution in [-0.4, -0.2) is 36.5 Å². The van der Waals surface area contributed by atoms with Gasteiger partial charge in [-0.2, -0.15) is 0 Å². The molecule has 2 rings (SSSR count). The highest BCUT2D eigenvalue weighted by atomic mass is 16.5. The highest BCUT2D eigenvalue weighted by Gasteiger charge is 2.60. The van der Waals surface area contributed by atoms with Crippen LogP contribution in [0.3, 0.4) is 0 Å². The van der Waals surface area contributed by atoms with Crippen LogP contribution in [0.25, 0.3) is 0 Å². The second kappa shape index (κ2) is 5.34. The highest BCUT2D eigenvalue weighted by molar-refractivity contribution is 5.09. The maximum atomic E-state index is 10.00. The van der Waals surface area contributed by atoms with Gasteiger partial charge in [-0.3, -0.25) is 0 Å².